The first-order chi connectivity index (χ1) is 15.8. The molecule has 7 nitrogen and oxygen atoms in total. The minimum Gasteiger partial charge on any atom is -0.369 e. The highest BCUT2D eigenvalue weighted by atomic mass is 16.1. The summed E-state index contributed by atoms with van der Waals surface area (Å²) in [6.45, 7) is 11.2. The predicted molar refractivity (Wildman–Crippen MR) is 134 cm³/mol. The van der Waals surface area contributed by atoms with Crippen LogP contribution in [-0.2, 0) is 13.0 Å². The number of piperazine rings is 1. The SMILES string of the molecule is Cc1cc(CNc2n[nH]c(Cc3ccc(N4CCN(C)CC4)cc3)c2C(N)=O)cc(C)c1C. The number of nitrogens with zero attached hydrogens (tertiary/aromatic N) is 3. The Kier molecular flexibility index (Phi) is 6.70. The number of aromatic amines is 1. The second-order valence-corrected chi connectivity index (χ2v) is 9.13. The van der Waals surface area contributed by atoms with E-state index < -0.39 is 5.91 Å². The zero-order chi connectivity index (χ0) is 23.5. The van der Waals surface area contributed by atoms with Crippen LogP contribution in [-0.4, -0.2) is 54.2 Å². The molecule has 1 aromatic heterocycles. The molecule has 0 atom stereocenters. The van der Waals surface area contributed by atoms with Crippen molar-refractivity contribution in [3.8, 4) is 0 Å². The van der Waals surface area contributed by atoms with Gasteiger partial charge in [-0.05, 0) is 67.8 Å². The van der Waals surface area contributed by atoms with Gasteiger partial charge in [0.1, 0.15) is 5.56 Å². The topological polar surface area (TPSA) is 90.3 Å². The average molecular weight is 447 g/mol. The van der Waals surface area contributed by atoms with Crippen LogP contribution in [0.1, 0.15) is 43.9 Å². The van der Waals surface area contributed by atoms with Gasteiger partial charge < -0.3 is 20.9 Å². The summed E-state index contributed by atoms with van der Waals surface area (Å²) in [5, 5.41) is 10.7. The Hall–Kier alpha value is -3.32. The van der Waals surface area contributed by atoms with Gasteiger partial charge in [0.25, 0.3) is 5.91 Å². The molecule has 0 bridgehead atoms. The van der Waals surface area contributed by atoms with Gasteiger partial charge in [-0.1, -0.05) is 24.3 Å². The Morgan fingerprint density at radius 1 is 1.03 bits per heavy atom. The minimum atomic E-state index is -0.480. The fourth-order valence-corrected chi connectivity index (χ4v) is 4.41. The summed E-state index contributed by atoms with van der Waals surface area (Å²) >= 11 is 0. The van der Waals surface area contributed by atoms with E-state index in [1.165, 1.54) is 22.4 Å². The molecule has 7 heteroatoms. The number of amides is 1. The first-order valence-electron chi connectivity index (χ1n) is 11.5. The first-order valence-corrected chi connectivity index (χ1v) is 11.5. The highest BCUT2D eigenvalue weighted by molar-refractivity contribution is 5.99. The number of rotatable bonds is 7. The molecule has 1 fully saturated rings. The predicted octanol–water partition coefficient (Wildman–Crippen LogP) is 3.39. The summed E-state index contributed by atoms with van der Waals surface area (Å²) in [5.74, 6) is 0.0222. The van der Waals surface area contributed by atoms with E-state index in [0.717, 1.165) is 43.0 Å². The standard InChI is InChI=1S/C26H34N6O/c1-17-13-21(14-18(2)19(17)3)16-28-26-24(25(27)33)23(29-30-26)15-20-5-7-22(8-6-20)32-11-9-31(4)10-12-32/h5-8,13-14H,9-12,15-16H2,1-4H3,(H2,27,33)(H2,28,29,30). The number of carbonyl (C=O) groups is 1. The van der Waals surface area contributed by atoms with Crippen LogP contribution in [0.15, 0.2) is 36.4 Å². The molecule has 174 valence electrons. The van der Waals surface area contributed by atoms with Gasteiger partial charge in [-0.25, -0.2) is 0 Å². The Morgan fingerprint density at radius 3 is 2.27 bits per heavy atom. The van der Waals surface area contributed by atoms with Gasteiger partial charge in [0.05, 0.1) is 5.69 Å². The van der Waals surface area contributed by atoms with Gasteiger partial charge in [-0.3, -0.25) is 9.89 Å². The largest absolute Gasteiger partial charge is 0.369 e. The quantitative estimate of drug-likeness (QED) is 0.518. The summed E-state index contributed by atoms with van der Waals surface area (Å²) in [6.07, 6.45) is 0.568. The molecule has 3 aromatic rings. The van der Waals surface area contributed by atoms with Crippen molar-refractivity contribution in [2.24, 2.45) is 5.73 Å². The third kappa shape index (κ3) is 5.20. The van der Waals surface area contributed by atoms with Crippen LogP contribution in [0.5, 0.6) is 0 Å². The lowest BCUT2D eigenvalue weighted by Gasteiger charge is -2.34. The molecule has 0 spiro atoms. The molecule has 4 N–H and O–H groups in total. The number of H-pyrrole nitrogens is 1. The van der Waals surface area contributed by atoms with Gasteiger partial charge >= 0.3 is 0 Å². The van der Waals surface area contributed by atoms with Gasteiger partial charge in [-0.15, -0.1) is 0 Å². The number of hydrogen-bond donors (Lipinski definition) is 3. The highest BCUT2D eigenvalue weighted by Crippen LogP contribution is 2.23. The fourth-order valence-electron chi connectivity index (χ4n) is 4.41. The lowest BCUT2D eigenvalue weighted by molar-refractivity contribution is 0.100. The van der Waals surface area contributed by atoms with E-state index in [9.17, 15) is 4.79 Å². The third-order valence-corrected chi connectivity index (χ3v) is 6.72. The van der Waals surface area contributed by atoms with E-state index in [2.05, 4.69) is 89.5 Å². The first kappa shape index (κ1) is 22.9. The molecule has 0 saturated carbocycles. The van der Waals surface area contributed by atoms with Crippen LogP contribution in [0.25, 0.3) is 0 Å². The smallest absolute Gasteiger partial charge is 0.254 e. The average Bonchev–Trinajstić information content (AvgIpc) is 3.19. The van der Waals surface area contributed by atoms with Crippen molar-refractivity contribution in [2.45, 2.75) is 33.7 Å². The molecule has 1 aliphatic rings. The van der Waals surface area contributed by atoms with Crippen molar-refractivity contribution in [3.05, 3.63) is 75.5 Å². The van der Waals surface area contributed by atoms with Crippen LogP contribution >= 0.6 is 0 Å². The molecule has 0 radical (unpaired) electrons. The van der Waals surface area contributed by atoms with E-state index in [1.54, 1.807) is 0 Å². The van der Waals surface area contributed by atoms with Gasteiger partial charge in [-0.2, -0.15) is 5.10 Å². The minimum absolute atomic E-state index is 0.429. The van der Waals surface area contributed by atoms with Crippen molar-refractivity contribution < 1.29 is 4.79 Å². The normalized spacial score (nSPS) is 14.5. The molecule has 1 amide bonds. The number of anilines is 2. The molecule has 0 unspecified atom stereocenters. The molecule has 1 saturated heterocycles. The lowest BCUT2D eigenvalue weighted by atomic mass is 10.0. The van der Waals surface area contributed by atoms with Crippen LogP contribution in [0.2, 0.25) is 0 Å². The molecular weight excluding hydrogens is 412 g/mol. The zero-order valence-electron chi connectivity index (χ0n) is 20.0. The van der Waals surface area contributed by atoms with E-state index in [1.807, 2.05) is 0 Å². The highest BCUT2D eigenvalue weighted by Gasteiger charge is 2.19. The molecule has 4 rings (SSSR count). The van der Waals surface area contributed by atoms with Crippen molar-refractivity contribution >= 4 is 17.4 Å². The monoisotopic (exact) mass is 446 g/mol. The van der Waals surface area contributed by atoms with E-state index >= 15 is 0 Å². The van der Waals surface area contributed by atoms with E-state index in [4.69, 9.17) is 5.73 Å². The Labute approximate surface area is 196 Å². The maximum Gasteiger partial charge on any atom is 0.254 e. The molecule has 0 aliphatic carbocycles. The van der Waals surface area contributed by atoms with Crippen LogP contribution < -0.4 is 16.0 Å². The van der Waals surface area contributed by atoms with Crippen LogP contribution in [0.3, 0.4) is 0 Å². The van der Waals surface area contributed by atoms with Gasteiger partial charge in [0.2, 0.25) is 0 Å². The van der Waals surface area contributed by atoms with E-state index in [-0.39, 0.29) is 0 Å². The molecule has 33 heavy (non-hydrogen) atoms. The van der Waals surface area contributed by atoms with E-state index in [0.29, 0.717) is 24.3 Å². The summed E-state index contributed by atoms with van der Waals surface area (Å²) in [5.41, 5.74) is 14.2. The number of likely N-dealkylation sites (N-methyl/N-ethyl adjacent to an activating group) is 1. The number of primary amides is 1. The van der Waals surface area contributed by atoms with Crippen LogP contribution in [0, 0.1) is 20.8 Å². The van der Waals surface area contributed by atoms with Gasteiger partial charge in [0.15, 0.2) is 5.82 Å². The maximum absolute atomic E-state index is 12.3. The summed E-state index contributed by atoms with van der Waals surface area (Å²) in [4.78, 5) is 17.0. The molecule has 1 aliphatic heterocycles. The van der Waals surface area contributed by atoms with Crippen molar-refractivity contribution in [1.82, 2.24) is 15.1 Å². The number of carbonyl (C=O) groups excluding carboxylic acids is 1. The number of hydrogen-bond acceptors (Lipinski definition) is 5. The molecular formula is C26H34N6O. The summed E-state index contributed by atoms with van der Waals surface area (Å²) in [7, 11) is 2.16. The Morgan fingerprint density at radius 2 is 1.67 bits per heavy atom. The number of nitrogens with two attached hydrogens (primary N) is 1. The molecule has 2 aromatic carbocycles. The second kappa shape index (κ2) is 9.67. The summed E-state index contributed by atoms with van der Waals surface area (Å²) < 4.78 is 0. The molecule has 2 heterocycles. The Balaban J connectivity index is 1.46. The lowest BCUT2D eigenvalue weighted by Crippen LogP contribution is -2.44. The maximum atomic E-state index is 12.3. The second-order valence-electron chi connectivity index (χ2n) is 9.13. The number of aryl methyl sites for hydroxylation is 2. The number of nitrogens with one attached hydrogen (secondary N) is 2. The number of benzene rings is 2. The van der Waals surface area contributed by atoms with Crippen LogP contribution in [0.4, 0.5) is 11.5 Å². The van der Waals surface area contributed by atoms with Crippen molar-refractivity contribution in [3.63, 3.8) is 0 Å². The van der Waals surface area contributed by atoms with Gasteiger partial charge in [0, 0.05) is 44.8 Å². The number of aromatic nitrogens is 2. The fraction of sp³-hybridized carbons (Fsp3) is 0.385. The zero-order valence-corrected chi connectivity index (χ0v) is 20.0. The van der Waals surface area contributed by atoms with Crippen molar-refractivity contribution in [1.29, 1.82) is 0 Å². The third-order valence-electron chi connectivity index (χ3n) is 6.72. The summed E-state index contributed by atoms with van der Waals surface area (Å²) in [6, 6.07) is 12.9. The Bertz CT molecular complexity index is 1100. The van der Waals surface area contributed by atoms with Crippen molar-refractivity contribution in [2.75, 3.05) is 43.4 Å².